The van der Waals surface area contributed by atoms with Crippen molar-refractivity contribution in [1.82, 2.24) is 9.55 Å². The molecule has 0 bridgehead atoms. The molecule has 102 valence electrons. The summed E-state index contributed by atoms with van der Waals surface area (Å²) in [5.74, 6) is 0. The molecule has 1 heterocycles. The normalized spacial score (nSPS) is 11.1. The number of rotatable bonds is 4. The smallest absolute Gasteiger partial charge is 0.178 e. The number of aromatic nitrogens is 2. The first-order chi connectivity index (χ1) is 9.74. The summed E-state index contributed by atoms with van der Waals surface area (Å²) < 4.78 is 4.06. The second-order valence-corrected chi connectivity index (χ2v) is 6.13. The molecule has 0 saturated carbocycles. The van der Waals surface area contributed by atoms with E-state index in [0.29, 0.717) is 0 Å². The summed E-state index contributed by atoms with van der Waals surface area (Å²) in [5.41, 5.74) is 3.63. The number of fused-ring (bicyclic) bond motifs is 1. The van der Waals surface area contributed by atoms with Gasteiger partial charge in [0.25, 0.3) is 0 Å². The molecule has 0 aliphatic carbocycles. The number of nitrogens with zero attached hydrogens (tertiary/aromatic N) is 1. The van der Waals surface area contributed by atoms with Crippen molar-refractivity contribution in [3.8, 4) is 0 Å². The molecule has 0 saturated heterocycles. The molecular weight excluding hydrogens is 332 g/mol. The fourth-order valence-corrected chi connectivity index (χ4v) is 3.08. The Kier molecular flexibility index (Phi) is 4.03. The summed E-state index contributed by atoms with van der Waals surface area (Å²) >= 11 is 8.94. The largest absolute Gasteiger partial charge is 0.331 e. The minimum absolute atomic E-state index is 0.797. The Labute approximate surface area is 131 Å². The van der Waals surface area contributed by atoms with Gasteiger partial charge in [-0.15, -0.1) is 0 Å². The van der Waals surface area contributed by atoms with Crippen LogP contribution >= 0.6 is 28.1 Å². The predicted octanol–water partition coefficient (Wildman–Crippen LogP) is 5.09. The van der Waals surface area contributed by atoms with Crippen molar-refractivity contribution in [2.75, 3.05) is 0 Å². The monoisotopic (exact) mass is 346 g/mol. The Balaban J connectivity index is 1.79. The molecule has 0 aliphatic heterocycles. The molecule has 0 aliphatic rings. The van der Waals surface area contributed by atoms with E-state index in [4.69, 9.17) is 12.2 Å². The van der Waals surface area contributed by atoms with E-state index >= 15 is 0 Å². The van der Waals surface area contributed by atoms with Gasteiger partial charge < -0.3 is 9.55 Å². The van der Waals surface area contributed by atoms with Crippen molar-refractivity contribution in [2.24, 2.45) is 0 Å². The van der Waals surface area contributed by atoms with Gasteiger partial charge in [-0.2, -0.15) is 0 Å². The van der Waals surface area contributed by atoms with Crippen LogP contribution < -0.4 is 0 Å². The summed E-state index contributed by atoms with van der Waals surface area (Å²) in [6.45, 7) is 0.935. The SMILES string of the molecule is S=c1[nH]c2ccc(Br)cc2n1CCCc1ccccc1. The van der Waals surface area contributed by atoms with Gasteiger partial charge in [0.1, 0.15) is 0 Å². The van der Waals surface area contributed by atoms with Gasteiger partial charge in [0.05, 0.1) is 11.0 Å². The molecule has 0 radical (unpaired) electrons. The van der Waals surface area contributed by atoms with Crippen LogP contribution in [0, 0.1) is 4.77 Å². The van der Waals surface area contributed by atoms with Crippen molar-refractivity contribution < 1.29 is 0 Å². The van der Waals surface area contributed by atoms with Gasteiger partial charge in [-0.05, 0) is 48.8 Å². The second kappa shape index (κ2) is 5.94. The van der Waals surface area contributed by atoms with Crippen LogP contribution in [0.2, 0.25) is 0 Å². The molecule has 4 heteroatoms. The molecule has 20 heavy (non-hydrogen) atoms. The van der Waals surface area contributed by atoms with Crippen molar-refractivity contribution in [2.45, 2.75) is 19.4 Å². The highest BCUT2D eigenvalue weighted by Crippen LogP contribution is 2.20. The molecular formula is C16H15BrN2S. The van der Waals surface area contributed by atoms with Crippen molar-refractivity contribution in [1.29, 1.82) is 0 Å². The summed E-state index contributed by atoms with van der Waals surface area (Å²) in [6, 6.07) is 16.8. The predicted molar refractivity (Wildman–Crippen MR) is 89.6 cm³/mol. The quantitative estimate of drug-likeness (QED) is 0.652. The molecule has 1 aromatic heterocycles. The van der Waals surface area contributed by atoms with Gasteiger partial charge in [0.15, 0.2) is 4.77 Å². The van der Waals surface area contributed by atoms with E-state index in [1.54, 1.807) is 0 Å². The lowest BCUT2D eigenvalue weighted by Gasteiger charge is -2.05. The van der Waals surface area contributed by atoms with Gasteiger partial charge >= 0.3 is 0 Å². The fraction of sp³-hybridized carbons (Fsp3) is 0.188. The van der Waals surface area contributed by atoms with Gasteiger partial charge in [-0.25, -0.2) is 0 Å². The maximum absolute atomic E-state index is 5.42. The third-order valence-corrected chi connectivity index (χ3v) is 4.24. The van der Waals surface area contributed by atoms with Gasteiger partial charge in [0, 0.05) is 11.0 Å². The molecule has 0 fully saturated rings. The molecule has 1 N–H and O–H groups in total. The number of hydrogen-bond donors (Lipinski definition) is 1. The standard InChI is InChI=1S/C16H15BrN2S/c17-13-8-9-14-15(11-13)19(16(20)18-14)10-4-7-12-5-2-1-3-6-12/h1-3,5-6,8-9,11H,4,7,10H2,(H,18,20). The lowest BCUT2D eigenvalue weighted by molar-refractivity contribution is 0.650. The highest BCUT2D eigenvalue weighted by atomic mass is 79.9. The number of benzene rings is 2. The number of aryl methyl sites for hydroxylation is 2. The maximum Gasteiger partial charge on any atom is 0.178 e. The summed E-state index contributed by atoms with van der Waals surface area (Å²) in [7, 11) is 0. The Bertz CT molecular complexity index is 774. The van der Waals surface area contributed by atoms with Crippen LogP contribution in [0.15, 0.2) is 53.0 Å². The highest BCUT2D eigenvalue weighted by molar-refractivity contribution is 9.10. The van der Waals surface area contributed by atoms with Crippen molar-refractivity contribution in [3.05, 3.63) is 63.3 Å². The van der Waals surface area contributed by atoms with Crippen LogP contribution in [0.3, 0.4) is 0 Å². The van der Waals surface area contributed by atoms with Crippen LogP contribution in [-0.2, 0) is 13.0 Å². The Morgan fingerprint density at radius 1 is 1.10 bits per heavy atom. The van der Waals surface area contributed by atoms with E-state index in [1.807, 2.05) is 6.07 Å². The topological polar surface area (TPSA) is 20.7 Å². The third kappa shape index (κ3) is 2.86. The Morgan fingerprint density at radius 3 is 2.70 bits per heavy atom. The number of H-pyrrole nitrogens is 1. The highest BCUT2D eigenvalue weighted by Gasteiger charge is 2.04. The average Bonchev–Trinajstić information content (AvgIpc) is 2.76. The summed E-state index contributed by atoms with van der Waals surface area (Å²) in [4.78, 5) is 3.26. The third-order valence-electron chi connectivity index (χ3n) is 3.43. The molecule has 0 atom stereocenters. The number of aromatic amines is 1. The summed E-state index contributed by atoms with van der Waals surface area (Å²) in [6.07, 6.45) is 2.15. The fourth-order valence-electron chi connectivity index (χ4n) is 2.43. The molecule has 0 unspecified atom stereocenters. The summed E-state index contributed by atoms with van der Waals surface area (Å²) in [5, 5.41) is 0. The first-order valence-corrected chi connectivity index (χ1v) is 7.86. The Morgan fingerprint density at radius 2 is 1.90 bits per heavy atom. The van der Waals surface area contributed by atoms with E-state index in [9.17, 15) is 0 Å². The molecule has 0 spiro atoms. The molecule has 3 rings (SSSR count). The number of halogens is 1. The van der Waals surface area contributed by atoms with E-state index < -0.39 is 0 Å². The van der Waals surface area contributed by atoms with E-state index in [2.05, 4.69) is 67.9 Å². The molecule has 2 nitrogen and oxygen atoms in total. The first kappa shape index (κ1) is 13.6. The van der Waals surface area contributed by atoms with Gasteiger partial charge in [-0.1, -0.05) is 46.3 Å². The van der Waals surface area contributed by atoms with Gasteiger partial charge in [-0.3, -0.25) is 0 Å². The lowest BCUT2D eigenvalue weighted by Crippen LogP contribution is -1.99. The number of imidazole rings is 1. The zero-order valence-corrected chi connectivity index (χ0v) is 13.4. The second-order valence-electron chi connectivity index (χ2n) is 4.83. The van der Waals surface area contributed by atoms with E-state index in [-0.39, 0.29) is 0 Å². The minimum atomic E-state index is 0.797. The Hall–Kier alpha value is -1.39. The maximum atomic E-state index is 5.42. The molecule has 2 aromatic carbocycles. The van der Waals surface area contributed by atoms with E-state index in [1.165, 1.54) is 5.56 Å². The van der Waals surface area contributed by atoms with Crippen LogP contribution in [0.25, 0.3) is 11.0 Å². The van der Waals surface area contributed by atoms with Crippen LogP contribution in [-0.4, -0.2) is 9.55 Å². The number of hydrogen-bond acceptors (Lipinski definition) is 1. The zero-order valence-electron chi connectivity index (χ0n) is 11.0. The van der Waals surface area contributed by atoms with Crippen molar-refractivity contribution in [3.63, 3.8) is 0 Å². The van der Waals surface area contributed by atoms with Crippen molar-refractivity contribution >= 4 is 39.2 Å². The minimum Gasteiger partial charge on any atom is -0.331 e. The van der Waals surface area contributed by atoms with Crippen LogP contribution in [0.5, 0.6) is 0 Å². The van der Waals surface area contributed by atoms with Crippen LogP contribution in [0.4, 0.5) is 0 Å². The lowest BCUT2D eigenvalue weighted by atomic mass is 10.1. The zero-order chi connectivity index (χ0) is 13.9. The van der Waals surface area contributed by atoms with E-state index in [0.717, 1.165) is 39.7 Å². The number of nitrogens with one attached hydrogen (secondary N) is 1. The van der Waals surface area contributed by atoms with Gasteiger partial charge in [0.2, 0.25) is 0 Å². The van der Waals surface area contributed by atoms with Crippen LogP contribution in [0.1, 0.15) is 12.0 Å². The average molecular weight is 347 g/mol. The molecule has 0 amide bonds. The molecule has 3 aromatic rings. The first-order valence-electron chi connectivity index (χ1n) is 6.66.